The molecule has 1 N–H and O–H groups in total. The number of furan rings is 1. The van der Waals surface area contributed by atoms with Crippen LogP contribution in [0.25, 0.3) is 17.0 Å². The number of rotatable bonds is 6. The fourth-order valence-corrected chi connectivity index (χ4v) is 2.89. The van der Waals surface area contributed by atoms with Gasteiger partial charge < -0.3 is 9.52 Å². The van der Waals surface area contributed by atoms with Crippen LogP contribution in [-0.2, 0) is 11.3 Å². The molecule has 0 radical (unpaired) electrons. The molecule has 0 spiro atoms. The van der Waals surface area contributed by atoms with E-state index in [9.17, 15) is 20.0 Å². The van der Waals surface area contributed by atoms with Gasteiger partial charge >= 0.3 is 5.65 Å². The molecule has 1 aromatic carbocycles. The van der Waals surface area contributed by atoms with Crippen LogP contribution in [0.2, 0.25) is 0 Å². The lowest BCUT2D eigenvalue weighted by Crippen LogP contribution is -2.44. The van der Waals surface area contributed by atoms with Gasteiger partial charge in [-0.1, -0.05) is 9.61 Å². The molecule has 4 aromatic rings. The van der Waals surface area contributed by atoms with Crippen molar-refractivity contribution < 1.29 is 23.9 Å². The third-order valence-corrected chi connectivity index (χ3v) is 4.25. The van der Waals surface area contributed by atoms with Gasteiger partial charge in [0.2, 0.25) is 0 Å². The zero-order valence-electron chi connectivity index (χ0n) is 16.1. The van der Waals surface area contributed by atoms with Crippen LogP contribution in [-0.4, -0.2) is 31.8 Å². The van der Waals surface area contributed by atoms with Crippen LogP contribution >= 0.6 is 0 Å². The van der Waals surface area contributed by atoms with Gasteiger partial charge in [0.05, 0.1) is 16.8 Å². The predicted octanol–water partition coefficient (Wildman–Crippen LogP) is 0.717. The molecule has 31 heavy (non-hydrogen) atoms. The third kappa shape index (κ3) is 4.22. The fraction of sp³-hybridized carbons (Fsp3) is 0.105. The summed E-state index contributed by atoms with van der Waals surface area (Å²) in [5, 5.41) is 34.8. The summed E-state index contributed by atoms with van der Waals surface area (Å²) in [6, 6.07) is 10.6. The van der Waals surface area contributed by atoms with Gasteiger partial charge in [-0.25, -0.2) is 5.43 Å². The number of aromatic nitrogens is 4. The molecular weight excluding hydrogens is 406 g/mol. The van der Waals surface area contributed by atoms with E-state index in [1.54, 1.807) is 31.2 Å². The Labute approximate surface area is 174 Å². The molecule has 0 aliphatic heterocycles. The molecule has 0 bridgehead atoms. The minimum absolute atomic E-state index is 0.0156. The second kappa shape index (κ2) is 8.02. The van der Waals surface area contributed by atoms with E-state index in [0.717, 1.165) is 0 Å². The number of hydrogen-bond donors (Lipinski definition) is 1. The van der Waals surface area contributed by atoms with Crippen LogP contribution in [0, 0.1) is 17.0 Å². The number of non-ortho nitro benzene ring substituents is 1. The van der Waals surface area contributed by atoms with Gasteiger partial charge in [-0.3, -0.25) is 14.9 Å². The largest absolute Gasteiger partial charge is 0.867 e. The highest BCUT2D eigenvalue weighted by Gasteiger charge is 2.17. The number of nitro groups is 1. The Bertz CT molecular complexity index is 1310. The topological polar surface area (TPSA) is 155 Å². The second-order valence-corrected chi connectivity index (χ2v) is 6.51. The summed E-state index contributed by atoms with van der Waals surface area (Å²) in [6.45, 7) is 1.47. The molecule has 0 fully saturated rings. The van der Waals surface area contributed by atoms with E-state index in [2.05, 4.69) is 20.7 Å². The summed E-state index contributed by atoms with van der Waals surface area (Å²) in [4.78, 5) is 22.4. The highest BCUT2D eigenvalue weighted by molar-refractivity contribution is 5.80. The minimum Gasteiger partial charge on any atom is -0.867 e. The SMILES string of the molecule is Cc1cc([O-])c2n(cn[n+]2CC(=O)N/N=C/c2ccc(-c3ccc([N+](=O)[O-])cc3)o2)n1. The van der Waals surface area contributed by atoms with Gasteiger partial charge in [0.25, 0.3) is 17.9 Å². The van der Waals surface area contributed by atoms with Gasteiger partial charge in [0.15, 0.2) is 6.54 Å². The smallest absolute Gasteiger partial charge is 0.321 e. The van der Waals surface area contributed by atoms with Crippen molar-refractivity contribution in [2.45, 2.75) is 13.5 Å². The van der Waals surface area contributed by atoms with E-state index >= 15 is 0 Å². The molecule has 3 heterocycles. The molecule has 0 aliphatic carbocycles. The summed E-state index contributed by atoms with van der Waals surface area (Å²) in [6.07, 6.45) is 2.66. The zero-order chi connectivity index (χ0) is 22.0. The minimum atomic E-state index is -0.496. The second-order valence-electron chi connectivity index (χ2n) is 6.51. The summed E-state index contributed by atoms with van der Waals surface area (Å²) < 4.78 is 8.15. The number of nitro benzene ring substituents is 1. The van der Waals surface area contributed by atoms with Crippen molar-refractivity contribution in [2.24, 2.45) is 5.10 Å². The fourth-order valence-electron chi connectivity index (χ4n) is 2.89. The molecular formula is C19H15N7O5. The number of nitrogens with zero attached hydrogens (tertiary/aromatic N) is 6. The van der Waals surface area contributed by atoms with Crippen LogP contribution in [0.4, 0.5) is 5.69 Å². The first-order valence-electron chi connectivity index (χ1n) is 8.99. The Morgan fingerprint density at radius 3 is 2.84 bits per heavy atom. The quantitative estimate of drug-likeness (QED) is 0.208. The van der Waals surface area contributed by atoms with E-state index in [1.165, 1.54) is 39.9 Å². The van der Waals surface area contributed by atoms with Crippen molar-refractivity contribution in [3.05, 3.63) is 70.4 Å². The van der Waals surface area contributed by atoms with Crippen molar-refractivity contribution in [3.8, 4) is 17.1 Å². The lowest BCUT2D eigenvalue weighted by atomic mass is 10.1. The Morgan fingerprint density at radius 2 is 2.10 bits per heavy atom. The molecule has 0 aliphatic rings. The molecule has 12 heteroatoms. The van der Waals surface area contributed by atoms with Crippen molar-refractivity contribution in [1.82, 2.24) is 20.1 Å². The highest BCUT2D eigenvalue weighted by Crippen LogP contribution is 2.24. The average molecular weight is 421 g/mol. The van der Waals surface area contributed by atoms with E-state index in [0.29, 0.717) is 22.8 Å². The maximum absolute atomic E-state index is 12.1. The van der Waals surface area contributed by atoms with Gasteiger partial charge in [-0.2, -0.15) is 5.10 Å². The maximum Gasteiger partial charge on any atom is 0.321 e. The number of hydrazone groups is 1. The highest BCUT2D eigenvalue weighted by atomic mass is 16.6. The molecule has 0 saturated carbocycles. The molecule has 0 saturated heterocycles. The molecule has 1 amide bonds. The Balaban J connectivity index is 1.39. The number of aryl methyl sites for hydroxylation is 1. The average Bonchev–Trinajstić information content (AvgIpc) is 3.35. The number of nitrogens with one attached hydrogen (secondary N) is 1. The summed E-state index contributed by atoms with van der Waals surface area (Å²) in [7, 11) is 0. The molecule has 0 unspecified atom stereocenters. The number of carbonyl (C=O) groups is 1. The van der Waals surface area contributed by atoms with Crippen molar-refractivity contribution in [3.63, 3.8) is 0 Å². The molecule has 156 valence electrons. The van der Waals surface area contributed by atoms with Crippen LogP contribution in [0.15, 0.2) is 58.3 Å². The van der Waals surface area contributed by atoms with Crippen LogP contribution in [0.5, 0.6) is 5.75 Å². The molecule has 12 nitrogen and oxygen atoms in total. The standard InChI is InChI=1S/C19H15N7O5/c1-12-8-16(27)19-24(21-11-25(19)23-12)10-18(28)22-20-9-15-6-7-17(31-15)13-2-4-14(5-3-13)26(29)30/h2-9,11H,10H2,1H3,(H-,22,23,27,28)/b20-9+. The Morgan fingerprint density at radius 1 is 1.32 bits per heavy atom. The van der Waals surface area contributed by atoms with Crippen LogP contribution in [0.3, 0.4) is 0 Å². The normalized spacial score (nSPS) is 11.3. The first-order valence-corrected chi connectivity index (χ1v) is 8.99. The Kier molecular flexibility index (Phi) is 5.10. The maximum atomic E-state index is 12.1. The summed E-state index contributed by atoms with van der Waals surface area (Å²) in [5.41, 5.74) is 3.70. The van der Waals surface area contributed by atoms with Gasteiger partial charge in [-0.15, -0.1) is 4.68 Å². The van der Waals surface area contributed by atoms with E-state index in [4.69, 9.17) is 4.42 Å². The number of amides is 1. The number of hydrogen-bond acceptors (Lipinski definition) is 8. The van der Waals surface area contributed by atoms with Gasteiger partial charge in [-0.05, 0) is 48.1 Å². The third-order valence-electron chi connectivity index (χ3n) is 4.25. The predicted molar refractivity (Wildman–Crippen MR) is 104 cm³/mol. The first kappa shape index (κ1) is 19.7. The van der Waals surface area contributed by atoms with Gasteiger partial charge in [0.1, 0.15) is 11.5 Å². The first-order chi connectivity index (χ1) is 14.9. The van der Waals surface area contributed by atoms with E-state index < -0.39 is 10.8 Å². The van der Waals surface area contributed by atoms with Crippen molar-refractivity contribution in [2.75, 3.05) is 0 Å². The van der Waals surface area contributed by atoms with Gasteiger partial charge in [0, 0.05) is 17.7 Å². The van der Waals surface area contributed by atoms with Crippen molar-refractivity contribution >= 4 is 23.5 Å². The summed E-state index contributed by atoms with van der Waals surface area (Å²) in [5.74, 6) is 0.0726. The van der Waals surface area contributed by atoms with E-state index in [1.807, 2.05) is 0 Å². The summed E-state index contributed by atoms with van der Waals surface area (Å²) >= 11 is 0. The Hall–Kier alpha value is -4.61. The number of fused-ring (bicyclic) bond motifs is 1. The molecule has 4 rings (SSSR count). The van der Waals surface area contributed by atoms with Crippen molar-refractivity contribution in [1.29, 1.82) is 0 Å². The van der Waals surface area contributed by atoms with Crippen LogP contribution < -0.4 is 15.2 Å². The monoisotopic (exact) mass is 421 g/mol. The molecule has 3 aromatic heterocycles. The van der Waals surface area contributed by atoms with Crippen LogP contribution in [0.1, 0.15) is 11.5 Å². The number of carbonyl (C=O) groups excluding carboxylic acids is 1. The lowest BCUT2D eigenvalue weighted by molar-refractivity contribution is -0.717. The zero-order valence-corrected chi connectivity index (χ0v) is 16.1. The van der Waals surface area contributed by atoms with E-state index in [-0.39, 0.29) is 23.6 Å². The number of benzene rings is 1. The molecule has 0 atom stereocenters. The lowest BCUT2D eigenvalue weighted by Gasteiger charge is -2.04.